The molecule has 0 fully saturated rings. The predicted molar refractivity (Wildman–Crippen MR) is 75.9 cm³/mol. The summed E-state index contributed by atoms with van der Waals surface area (Å²) in [6.07, 6.45) is 0. The molecule has 0 saturated carbocycles. The Morgan fingerprint density at radius 3 is 2.61 bits per heavy atom. The van der Waals surface area contributed by atoms with Crippen molar-refractivity contribution in [3.63, 3.8) is 0 Å². The van der Waals surface area contributed by atoms with E-state index in [1.807, 2.05) is 30.3 Å². The van der Waals surface area contributed by atoms with Gasteiger partial charge in [-0.25, -0.2) is 4.39 Å². The Morgan fingerprint density at radius 2 is 1.89 bits per heavy atom. The summed E-state index contributed by atoms with van der Waals surface area (Å²) in [7, 11) is 0. The van der Waals surface area contributed by atoms with Crippen LogP contribution in [0.1, 0.15) is 5.56 Å². The van der Waals surface area contributed by atoms with Gasteiger partial charge in [0.15, 0.2) is 0 Å². The van der Waals surface area contributed by atoms with Gasteiger partial charge in [0.1, 0.15) is 5.82 Å². The van der Waals surface area contributed by atoms with Gasteiger partial charge in [-0.15, -0.1) is 0 Å². The van der Waals surface area contributed by atoms with Gasteiger partial charge in [0.2, 0.25) is 0 Å². The molecule has 0 aliphatic carbocycles. The molecule has 1 N–H and O–H groups in total. The monoisotopic (exact) mass is 303 g/mol. The van der Waals surface area contributed by atoms with E-state index in [9.17, 15) is 4.39 Å². The van der Waals surface area contributed by atoms with Gasteiger partial charge in [0, 0.05) is 11.3 Å². The molecule has 2 rings (SSSR count). The first-order valence-electron chi connectivity index (χ1n) is 5.48. The molecule has 2 aromatic rings. The van der Waals surface area contributed by atoms with Crippen molar-refractivity contribution in [2.45, 2.75) is 0 Å². The highest BCUT2D eigenvalue weighted by molar-refractivity contribution is 9.10. The lowest BCUT2D eigenvalue weighted by Crippen LogP contribution is -1.99. The van der Waals surface area contributed by atoms with E-state index < -0.39 is 0 Å². The molecule has 0 aromatic heterocycles. The first kappa shape index (κ1) is 12.7. The standard InChI is InChI=1S/C15H11BrFN/c16-14-9-8-13(11-15(14)17)18-10-4-7-12-5-2-1-3-6-12/h1-3,5-6,8-9,11,18H,10H2. The molecule has 0 radical (unpaired) electrons. The molecule has 0 aliphatic heterocycles. The van der Waals surface area contributed by atoms with E-state index in [0.717, 1.165) is 11.3 Å². The van der Waals surface area contributed by atoms with Crippen LogP contribution in [0.25, 0.3) is 0 Å². The smallest absolute Gasteiger partial charge is 0.139 e. The van der Waals surface area contributed by atoms with Crippen LogP contribution >= 0.6 is 15.9 Å². The van der Waals surface area contributed by atoms with Crippen molar-refractivity contribution < 1.29 is 4.39 Å². The topological polar surface area (TPSA) is 12.0 Å². The van der Waals surface area contributed by atoms with Crippen LogP contribution in [0.4, 0.5) is 10.1 Å². The van der Waals surface area contributed by atoms with Crippen LogP contribution in [0.2, 0.25) is 0 Å². The third-order valence-corrected chi connectivity index (χ3v) is 2.95. The summed E-state index contributed by atoms with van der Waals surface area (Å²) >= 11 is 3.11. The van der Waals surface area contributed by atoms with Crippen LogP contribution in [0.3, 0.4) is 0 Å². The van der Waals surface area contributed by atoms with Crippen molar-refractivity contribution in [3.05, 3.63) is 64.4 Å². The lowest BCUT2D eigenvalue weighted by molar-refractivity contribution is 0.621. The zero-order chi connectivity index (χ0) is 12.8. The molecule has 0 amide bonds. The van der Waals surface area contributed by atoms with Crippen molar-refractivity contribution in [1.29, 1.82) is 0 Å². The molecule has 18 heavy (non-hydrogen) atoms. The van der Waals surface area contributed by atoms with E-state index in [-0.39, 0.29) is 5.82 Å². The van der Waals surface area contributed by atoms with Crippen molar-refractivity contribution in [1.82, 2.24) is 0 Å². The molecule has 0 spiro atoms. The number of halogens is 2. The van der Waals surface area contributed by atoms with Gasteiger partial charge in [0.05, 0.1) is 11.0 Å². The fourth-order valence-electron chi connectivity index (χ4n) is 1.42. The van der Waals surface area contributed by atoms with E-state index in [1.165, 1.54) is 6.07 Å². The fourth-order valence-corrected chi connectivity index (χ4v) is 1.67. The van der Waals surface area contributed by atoms with Gasteiger partial charge in [-0.05, 0) is 46.3 Å². The van der Waals surface area contributed by atoms with Gasteiger partial charge in [-0.1, -0.05) is 30.0 Å². The molecule has 0 unspecified atom stereocenters. The average Bonchev–Trinajstić information content (AvgIpc) is 2.40. The average molecular weight is 304 g/mol. The second kappa shape index (κ2) is 6.23. The van der Waals surface area contributed by atoms with E-state index in [4.69, 9.17) is 0 Å². The maximum absolute atomic E-state index is 13.2. The Kier molecular flexibility index (Phi) is 4.38. The van der Waals surface area contributed by atoms with Crippen molar-refractivity contribution in [3.8, 4) is 11.8 Å². The Bertz CT molecular complexity index is 584. The van der Waals surface area contributed by atoms with E-state index in [2.05, 4.69) is 33.1 Å². The molecular weight excluding hydrogens is 293 g/mol. The zero-order valence-electron chi connectivity index (χ0n) is 9.58. The highest BCUT2D eigenvalue weighted by atomic mass is 79.9. The summed E-state index contributed by atoms with van der Waals surface area (Å²) in [6.45, 7) is 0.482. The summed E-state index contributed by atoms with van der Waals surface area (Å²) in [5, 5.41) is 3.05. The number of nitrogens with one attached hydrogen (secondary N) is 1. The lowest BCUT2D eigenvalue weighted by atomic mass is 10.2. The Morgan fingerprint density at radius 1 is 1.11 bits per heavy atom. The fraction of sp³-hybridized carbons (Fsp3) is 0.0667. The molecule has 0 bridgehead atoms. The lowest BCUT2D eigenvalue weighted by Gasteiger charge is -2.02. The quantitative estimate of drug-likeness (QED) is 0.825. The molecule has 3 heteroatoms. The highest BCUT2D eigenvalue weighted by Gasteiger charge is 1.98. The summed E-state index contributed by atoms with van der Waals surface area (Å²) in [5.74, 6) is 5.73. The van der Waals surface area contributed by atoms with Gasteiger partial charge in [-0.2, -0.15) is 0 Å². The van der Waals surface area contributed by atoms with E-state index >= 15 is 0 Å². The van der Waals surface area contributed by atoms with Gasteiger partial charge in [-0.3, -0.25) is 0 Å². The molecule has 1 nitrogen and oxygen atoms in total. The molecule has 0 aliphatic rings. The van der Waals surface area contributed by atoms with Crippen LogP contribution < -0.4 is 5.32 Å². The largest absolute Gasteiger partial charge is 0.374 e. The number of hydrogen-bond donors (Lipinski definition) is 1. The van der Waals surface area contributed by atoms with E-state index in [0.29, 0.717) is 11.0 Å². The van der Waals surface area contributed by atoms with E-state index in [1.54, 1.807) is 12.1 Å². The van der Waals surface area contributed by atoms with Crippen molar-refractivity contribution in [2.75, 3.05) is 11.9 Å². The summed E-state index contributed by atoms with van der Waals surface area (Å²) < 4.78 is 13.7. The molecule has 90 valence electrons. The first-order chi connectivity index (χ1) is 8.75. The highest BCUT2D eigenvalue weighted by Crippen LogP contribution is 2.18. The minimum Gasteiger partial charge on any atom is -0.374 e. The zero-order valence-corrected chi connectivity index (χ0v) is 11.2. The molecule has 2 aromatic carbocycles. The Labute approximate surface area is 114 Å². The number of hydrogen-bond acceptors (Lipinski definition) is 1. The van der Waals surface area contributed by atoms with Crippen LogP contribution in [0.15, 0.2) is 53.0 Å². The number of anilines is 1. The van der Waals surface area contributed by atoms with Crippen LogP contribution in [-0.2, 0) is 0 Å². The minimum atomic E-state index is -0.281. The normalized spacial score (nSPS) is 9.44. The predicted octanol–water partition coefficient (Wildman–Crippen LogP) is 4.05. The Hall–Kier alpha value is -1.79. The SMILES string of the molecule is Fc1cc(NCC#Cc2ccccc2)ccc1Br. The van der Waals surface area contributed by atoms with Crippen LogP contribution in [0, 0.1) is 17.7 Å². The second-order valence-corrected chi connectivity index (χ2v) is 4.50. The first-order valence-corrected chi connectivity index (χ1v) is 6.28. The van der Waals surface area contributed by atoms with Gasteiger partial charge in [0.25, 0.3) is 0 Å². The molecule has 0 saturated heterocycles. The summed E-state index contributed by atoms with van der Waals surface area (Å²) in [5.41, 5.74) is 1.69. The molecule has 0 heterocycles. The second-order valence-electron chi connectivity index (χ2n) is 3.65. The van der Waals surface area contributed by atoms with Crippen molar-refractivity contribution >= 4 is 21.6 Å². The van der Waals surface area contributed by atoms with Crippen LogP contribution in [0.5, 0.6) is 0 Å². The third kappa shape index (κ3) is 3.61. The van der Waals surface area contributed by atoms with Gasteiger partial charge < -0.3 is 5.32 Å². The number of rotatable bonds is 2. The van der Waals surface area contributed by atoms with Crippen molar-refractivity contribution in [2.24, 2.45) is 0 Å². The maximum Gasteiger partial charge on any atom is 0.139 e. The molecule has 0 atom stereocenters. The Balaban J connectivity index is 1.93. The number of benzene rings is 2. The summed E-state index contributed by atoms with van der Waals surface area (Å²) in [6, 6.07) is 14.7. The molecular formula is C15H11BrFN. The van der Waals surface area contributed by atoms with Crippen LogP contribution in [-0.4, -0.2) is 6.54 Å². The third-order valence-electron chi connectivity index (χ3n) is 2.31. The minimum absolute atomic E-state index is 0.281. The van der Waals surface area contributed by atoms with Gasteiger partial charge >= 0.3 is 0 Å². The summed E-state index contributed by atoms with van der Waals surface area (Å²) in [4.78, 5) is 0. The maximum atomic E-state index is 13.2.